The highest BCUT2D eigenvalue weighted by Gasteiger charge is 2.29. The highest BCUT2D eigenvalue weighted by molar-refractivity contribution is 5.78. The van der Waals surface area contributed by atoms with Crippen LogP contribution in [0.4, 0.5) is 0 Å². The van der Waals surface area contributed by atoms with E-state index in [9.17, 15) is 4.79 Å². The van der Waals surface area contributed by atoms with E-state index >= 15 is 0 Å². The van der Waals surface area contributed by atoms with Crippen molar-refractivity contribution in [3.63, 3.8) is 0 Å². The number of carbonyl (C=O) groups excluding carboxylic acids is 1. The SMILES string of the molecule is CC(C(=O)NCC(C)(C)Cc1ccccc1)C1CNC1. The molecule has 20 heavy (non-hydrogen) atoms. The van der Waals surface area contributed by atoms with Gasteiger partial charge in [0.25, 0.3) is 0 Å². The molecule has 0 saturated carbocycles. The summed E-state index contributed by atoms with van der Waals surface area (Å²) in [5.41, 5.74) is 1.40. The van der Waals surface area contributed by atoms with Crippen LogP contribution in [0.1, 0.15) is 26.3 Å². The summed E-state index contributed by atoms with van der Waals surface area (Å²) >= 11 is 0. The molecule has 110 valence electrons. The molecule has 1 aliphatic rings. The monoisotopic (exact) mass is 274 g/mol. The Morgan fingerprint density at radius 3 is 2.55 bits per heavy atom. The van der Waals surface area contributed by atoms with E-state index in [1.807, 2.05) is 13.0 Å². The third-order valence-electron chi connectivity index (χ3n) is 4.20. The van der Waals surface area contributed by atoms with Crippen LogP contribution >= 0.6 is 0 Å². The molecule has 0 aromatic heterocycles. The summed E-state index contributed by atoms with van der Waals surface area (Å²) in [6.45, 7) is 9.12. The molecule has 1 saturated heterocycles. The molecule has 1 heterocycles. The molecule has 1 fully saturated rings. The van der Waals surface area contributed by atoms with Gasteiger partial charge < -0.3 is 10.6 Å². The number of hydrogen-bond acceptors (Lipinski definition) is 2. The molecular weight excluding hydrogens is 248 g/mol. The van der Waals surface area contributed by atoms with E-state index in [0.717, 1.165) is 26.1 Å². The molecule has 2 rings (SSSR count). The van der Waals surface area contributed by atoms with Crippen molar-refractivity contribution < 1.29 is 4.79 Å². The summed E-state index contributed by atoms with van der Waals surface area (Å²) in [5.74, 6) is 0.814. The van der Waals surface area contributed by atoms with E-state index in [1.54, 1.807) is 0 Å². The largest absolute Gasteiger partial charge is 0.355 e. The average Bonchev–Trinajstić information content (AvgIpc) is 2.34. The maximum atomic E-state index is 12.1. The fourth-order valence-electron chi connectivity index (χ4n) is 2.58. The standard InChI is InChI=1S/C17H26N2O/c1-13(15-10-18-11-15)16(20)19-12-17(2,3)9-14-7-5-4-6-8-14/h4-8,13,15,18H,9-12H2,1-3H3,(H,19,20). The summed E-state index contributed by atoms with van der Waals surface area (Å²) in [4.78, 5) is 12.1. The lowest BCUT2D eigenvalue weighted by atomic mass is 9.84. The zero-order chi connectivity index (χ0) is 14.6. The Morgan fingerprint density at radius 1 is 1.35 bits per heavy atom. The zero-order valence-corrected chi connectivity index (χ0v) is 12.8. The lowest BCUT2D eigenvalue weighted by Gasteiger charge is -2.33. The molecule has 1 aromatic carbocycles. The van der Waals surface area contributed by atoms with Crippen LogP contribution in [0, 0.1) is 17.3 Å². The van der Waals surface area contributed by atoms with Crippen LogP contribution in [0.3, 0.4) is 0 Å². The molecule has 0 spiro atoms. The van der Waals surface area contributed by atoms with Gasteiger partial charge >= 0.3 is 0 Å². The fourth-order valence-corrected chi connectivity index (χ4v) is 2.58. The van der Waals surface area contributed by atoms with Crippen LogP contribution in [0.25, 0.3) is 0 Å². The Kier molecular flexibility index (Phi) is 4.81. The van der Waals surface area contributed by atoms with Crippen LogP contribution < -0.4 is 10.6 Å². The second-order valence-corrected chi connectivity index (χ2v) is 6.75. The summed E-state index contributed by atoms with van der Waals surface area (Å²) in [5, 5.41) is 6.35. The minimum Gasteiger partial charge on any atom is -0.355 e. The average molecular weight is 274 g/mol. The van der Waals surface area contributed by atoms with Crippen molar-refractivity contribution in [1.82, 2.24) is 10.6 Å². The molecule has 0 bridgehead atoms. The zero-order valence-electron chi connectivity index (χ0n) is 12.8. The molecule has 1 atom stereocenters. The molecular formula is C17H26N2O. The Labute approximate surface area is 122 Å². The second-order valence-electron chi connectivity index (χ2n) is 6.75. The summed E-state index contributed by atoms with van der Waals surface area (Å²) in [7, 11) is 0. The normalized spacial score (nSPS) is 17.4. The second kappa shape index (κ2) is 6.40. The highest BCUT2D eigenvalue weighted by Crippen LogP contribution is 2.22. The van der Waals surface area contributed by atoms with Gasteiger partial charge in [0.05, 0.1) is 0 Å². The smallest absolute Gasteiger partial charge is 0.223 e. The van der Waals surface area contributed by atoms with Crippen LogP contribution in [0.5, 0.6) is 0 Å². The summed E-state index contributed by atoms with van der Waals surface area (Å²) in [6.07, 6.45) is 0.980. The molecule has 3 nitrogen and oxygen atoms in total. The molecule has 2 N–H and O–H groups in total. The van der Waals surface area contributed by atoms with Gasteiger partial charge in [-0.05, 0) is 36.4 Å². The predicted octanol–water partition coefficient (Wildman–Crippen LogP) is 2.23. The summed E-state index contributed by atoms with van der Waals surface area (Å²) < 4.78 is 0. The molecule has 1 aromatic rings. The van der Waals surface area contributed by atoms with Crippen LogP contribution in [-0.4, -0.2) is 25.5 Å². The van der Waals surface area contributed by atoms with Crippen molar-refractivity contribution in [2.45, 2.75) is 27.2 Å². The first kappa shape index (κ1) is 15.0. The molecule has 1 aliphatic heterocycles. The van der Waals surface area contributed by atoms with Gasteiger partial charge in [-0.2, -0.15) is 0 Å². The van der Waals surface area contributed by atoms with E-state index in [0.29, 0.717) is 5.92 Å². The number of carbonyl (C=O) groups is 1. The molecule has 0 aliphatic carbocycles. The van der Waals surface area contributed by atoms with Gasteiger partial charge in [-0.15, -0.1) is 0 Å². The number of hydrogen-bond donors (Lipinski definition) is 2. The number of nitrogens with one attached hydrogen (secondary N) is 2. The highest BCUT2D eigenvalue weighted by atomic mass is 16.1. The van der Waals surface area contributed by atoms with Crippen LogP contribution in [0.15, 0.2) is 30.3 Å². The van der Waals surface area contributed by atoms with Gasteiger partial charge in [0.2, 0.25) is 5.91 Å². The van der Waals surface area contributed by atoms with Crippen molar-refractivity contribution in [3.8, 4) is 0 Å². The number of amides is 1. The van der Waals surface area contributed by atoms with Gasteiger partial charge in [0.15, 0.2) is 0 Å². The fraction of sp³-hybridized carbons (Fsp3) is 0.588. The first-order valence-electron chi connectivity index (χ1n) is 7.50. The molecule has 1 amide bonds. The van der Waals surface area contributed by atoms with Gasteiger partial charge in [0, 0.05) is 12.5 Å². The topological polar surface area (TPSA) is 41.1 Å². The van der Waals surface area contributed by atoms with E-state index in [4.69, 9.17) is 0 Å². The Bertz CT molecular complexity index is 438. The van der Waals surface area contributed by atoms with E-state index in [-0.39, 0.29) is 17.2 Å². The number of rotatable bonds is 6. The third-order valence-corrected chi connectivity index (χ3v) is 4.20. The first-order chi connectivity index (χ1) is 9.48. The molecule has 3 heteroatoms. The van der Waals surface area contributed by atoms with Crippen molar-refractivity contribution in [3.05, 3.63) is 35.9 Å². The number of benzene rings is 1. The van der Waals surface area contributed by atoms with Gasteiger partial charge in [-0.1, -0.05) is 51.1 Å². The van der Waals surface area contributed by atoms with E-state index < -0.39 is 0 Å². The predicted molar refractivity (Wildman–Crippen MR) is 82.5 cm³/mol. The lowest BCUT2D eigenvalue weighted by molar-refractivity contribution is -0.127. The van der Waals surface area contributed by atoms with Gasteiger partial charge in [-0.25, -0.2) is 0 Å². The first-order valence-corrected chi connectivity index (χ1v) is 7.50. The van der Waals surface area contributed by atoms with Crippen molar-refractivity contribution >= 4 is 5.91 Å². The van der Waals surface area contributed by atoms with E-state index in [2.05, 4.69) is 48.7 Å². The van der Waals surface area contributed by atoms with Gasteiger partial charge in [-0.3, -0.25) is 4.79 Å². The van der Waals surface area contributed by atoms with Gasteiger partial charge in [0.1, 0.15) is 0 Å². The maximum absolute atomic E-state index is 12.1. The molecule has 1 unspecified atom stereocenters. The minimum absolute atomic E-state index is 0.0780. The third kappa shape index (κ3) is 4.07. The van der Waals surface area contributed by atoms with Crippen LogP contribution in [0.2, 0.25) is 0 Å². The Hall–Kier alpha value is -1.35. The molecule has 0 radical (unpaired) electrons. The van der Waals surface area contributed by atoms with Crippen molar-refractivity contribution in [1.29, 1.82) is 0 Å². The minimum atomic E-state index is 0.0780. The van der Waals surface area contributed by atoms with Crippen molar-refractivity contribution in [2.24, 2.45) is 17.3 Å². The summed E-state index contributed by atoms with van der Waals surface area (Å²) in [6, 6.07) is 10.5. The Morgan fingerprint density at radius 2 is 2.00 bits per heavy atom. The quantitative estimate of drug-likeness (QED) is 0.835. The lowest BCUT2D eigenvalue weighted by Crippen LogP contribution is -2.50. The maximum Gasteiger partial charge on any atom is 0.223 e. The van der Waals surface area contributed by atoms with E-state index in [1.165, 1.54) is 5.56 Å². The Balaban J connectivity index is 1.80. The van der Waals surface area contributed by atoms with Crippen molar-refractivity contribution in [2.75, 3.05) is 19.6 Å². The van der Waals surface area contributed by atoms with Crippen LogP contribution in [-0.2, 0) is 11.2 Å².